The number of aromatic nitrogens is 3. The highest BCUT2D eigenvalue weighted by atomic mass is 32.1. The van der Waals surface area contributed by atoms with E-state index < -0.39 is 66.6 Å². The fourth-order valence-electron chi connectivity index (χ4n) is 3.01. The van der Waals surface area contributed by atoms with Crippen LogP contribution in [0.1, 0.15) is 6.04 Å². The summed E-state index contributed by atoms with van der Waals surface area (Å²) in [6.45, 7) is -2.36. The van der Waals surface area contributed by atoms with E-state index in [1.54, 1.807) is 0 Å². The molecule has 0 bridgehead atoms. The van der Waals surface area contributed by atoms with Gasteiger partial charge < -0.3 is 19.7 Å². The number of hydrogen-bond donors (Lipinski definition) is 3. The van der Waals surface area contributed by atoms with Crippen molar-refractivity contribution in [3.8, 4) is 11.3 Å². The number of ether oxygens (including phenoxy) is 2. The van der Waals surface area contributed by atoms with Crippen LogP contribution in [0.3, 0.4) is 0 Å². The molecule has 1 aliphatic heterocycles. The number of aliphatic hydroxyl groups excluding tert-OH is 2. The van der Waals surface area contributed by atoms with E-state index in [0.29, 0.717) is 12.1 Å². The standard InChI is InChI=1S/C16H15F6N3O4S/c17-7-1-6(2-8(18)11(7)19)9-3-25(24-23-9)12-13(27)10(4-26)29-15(30)14(12)28-5-16(20,21)22/h1-3,10,12-15,26-27,30H,4-5H2/t10-,12+,13+,14-,15-/m1/s1. The molecule has 1 saturated heterocycles. The lowest BCUT2D eigenvalue weighted by molar-refractivity contribution is -0.233. The first-order valence-electron chi connectivity index (χ1n) is 8.39. The molecule has 30 heavy (non-hydrogen) atoms. The van der Waals surface area contributed by atoms with Crippen LogP contribution in [0, 0.1) is 17.5 Å². The molecule has 1 fully saturated rings. The lowest BCUT2D eigenvalue weighted by Crippen LogP contribution is -2.55. The molecule has 0 radical (unpaired) electrons. The van der Waals surface area contributed by atoms with E-state index in [-0.39, 0.29) is 11.3 Å². The van der Waals surface area contributed by atoms with Gasteiger partial charge in [-0.15, -0.1) is 17.7 Å². The van der Waals surface area contributed by atoms with Crippen LogP contribution in [0.2, 0.25) is 0 Å². The van der Waals surface area contributed by atoms with Gasteiger partial charge in [-0.1, -0.05) is 5.21 Å². The van der Waals surface area contributed by atoms with E-state index in [1.165, 1.54) is 0 Å². The molecule has 0 aliphatic carbocycles. The van der Waals surface area contributed by atoms with Gasteiger partial charge in [0.1, 0.15) is 42.1 Å². The zero-order valence-corrected chi connectivity index (χ0v) is 15.7. The molecule has 2 N–H and O–H groups in total. The van der Waals surface area contributed by atoms with E-state index in [4.69, 9.17) is 9.47 Å². The third kappa shape index (κ3) is 4.72. The van der Waals surface area contributed by atoms with Crippen molar-refractivity contribution in [3.05, 3.63) is 35.8 Å². The van der Waals surface area contributed by atoms with E-state index in [0.717, 1.165) is 10.9 Å². The molecule has 0 saturated carbocycles. The normalized spacial score (nSPS) is 27.4. The molecule has 0 spiro atoms. The Balaban J connectivity index is 1.95. The fraction of sp³-hybridized carbons (Fsp3) is 0.500. The van der Waals surface area contributed by atoms with E-state index in [9.17, 15) is 36.6 Å². The average Bonchev–Trinajstić information content (AvgIpc) is 3.14. The van der Waals surface area contributed by atoms with Gasteiger partial charge in [0.05, 0.1) is 12.8 Å². The van der Waals surface area contributed by atoms with Gasteiger partial charge in [-0.2, -0.15) is 13.2 Å². The Bertz CT molecular complexity index is 875. The van der Waals surface area contributed by atoms with Crippen LogP contribution in [-0.2, 0) is 9.47 Å². The molecule has 3 rings (SSSR count). The molecule has 0 unspecified atom stereocenters. The van der Waals surface area contributed by atoms with Crippen LogP contribution in [-0.4, -0.2) is 68.3 Å². The number of halogens is 6. The van der Waals surface area contributed by atoms with Crippen LogP contribution in [0.25, 0.3) is 11.3 Å². The summed E-state index contributed by atoms with van der Waals surface area (Å²) in [6.07, 6.45) is -7.91. The zero-order valence-electron chi connectivity index (χ0n) is 14.8. The first-order chi connectivity index (χ1) is 14.0. The highest BCUT2D eigenvalue weighted by Gasteiger charge is 2.47. The number of rotatable bonds is 5. The zero-order chi connectivity index (χ0) is 22.2. The Morgan fingerprint density at radius 1 is 1.20 bits per heavy atom. The molecule has 7 nitrogen and oxygen atoms in total. The predicted octanol–water partition coefficient (Wildman–Crippen LogP) is 1.86. The summed E-state index contributed by atoms with van der Waals surface area (Å²) < 4.78 is 88.9. The number of thiol groups is 1. The van der Waals surface area contributed by atoms with Crippen molar-refractivity contribution in [2.45, 2.75) is 36.0 Å². The van der Waals surface area contributed by atoms with Gasteiger partial charge in [-0.3, -0.25) is 0 Å². The lowest BCUT2D eigenvalue weighted by Gasteiger charge is -2.42. The van der Waals surface area contributed by atoms with Gasteiger partial charge in [0.25, 0.3) is 0 Å². The summed E-state index contributed by atoms with van der Waals surface area (Å²) in [5, 5.41) is 27.2. The minimum atomic E-state index is -4.69. The smallest absolute Gasteiger partial charge is 0.394 e. The topological polar surface area (TPSA) is 89.6 Å². The second-order valence-electron chi connectivity index (χ2n) is 6.46. The maximum atomic E-state index is 13.5. The van der Waals surface area contributed by atoms with Crippen LogP contribution in [0.15, 0.2) is 18.3 Å². The fourth-order valence-corrected chi connectivity index (χ4v) is 3.43. The summed E-state index contributed by atoms with van der Waals surface area (Å²) in [5.74, 6) is -4.64. The largest absolute Gasteiger partial charge is 0.411 e. The number of alkyl halides is 3. The number of nitrogens with zero attached hydrogens (tertiary/aromatic N) is 3. The Morgan fingerprint density at radius 2 is 1.83 bits per heavy atom. The Hall–Kier alpha value is -1.87. The minimum Gasteiger partial charge on any atom is -0.394 e. The van der Waals surface area contributed by atoms with Gasteiger partial charge in [0.2, 0.25) is 0 Å². The van der Waals surface area contributed by atoms with E-state index >= 15 is 0 Å². The van der Waals surface area contributed by atoms with Crippen LogP contribution in [0.4, 0.5) is 26.3 Å². The Labute approximate surface area is 170 Å². The molecule has 1 aromatic carbocycles. The number of hydrogen-bond acceptors (Lipinski definition) is 7. The molecule has 166 valence electrons. The molecule has 5 atom stereocenters. The van der Waals surface area contributed by atoms with Gasteiger partial charge in [-0.25, -0.2) is 17.9 Å². The van der Waals surface area contributed by atoms with Gasteiger partial charge >= 0.3 is 6.18 Å². The highest BCUT2D eigenvalue weighted by molar-refractivity contribution is 7.80. The summed E-state index contributed by atoms with van der Waals surface area (Å²) >= 11 is 4.03. The molecule has 0 amide bonds. The highest BCUT2D eigenvalue weighted by Crippen LogP contribution is 2.35. The number of benzene rings is 1. The Morgan fingerprint density at radius 3 is 2.40 bits per heavy atom. The minimum absolute atomic E-state index is 0.155. The second kappa shape index (κ2) is 8.70. The molecule has 1 aliphatic rings. The lowest BCUT2D eigenvalue weighted by atomic mass is 9.97. The monoisotopic (exact) mass is 459 g/mol. The van der Waals surface area contributed by atoms with Gasteiger partial charge in [0.15, 0.2) is 17.5 Å². The quantitative estimate of drug-likeness (QED) is 0.360. The predicted molar refractivity (Wildman–Crippen MR) is 90.9 cm³/mol. The molecular weight excluding hydrogens is 444 g/mol. The molecule has 14 heteroatoms. The molecular formula is C16H15F6N3O4S. The molecule has 2 heterocycles. The Kier molecular flexibility index (Phi) is 6.62. The van der Waals surface area contributed by atoms with Crippen molar-refractivity contribution in [1.82, 2.24) is 15.0 Å². The third-order valence-electron chi connectivity index (χ3n) is 4.38. The first-order valence-corrected chi connectivity index (χ1v) is 8.91. The maximum absolute atomic E-state index is 13.5. The molecule has 2 aromatic rings. The van der Waals surface area contributed by atoms with Crippen molar-refractivity contribution >= 4 is 12.6 Å². The average molecular weight is 459 g/mol. The summed E-state index contributed by atoms with van der Waals surface area (Å²) in [5.41, 5.74) is -1.64. The second-order valence-corrected chi connectivity index (χ2v) is 6.97. The number of aliphatic hydroxyl groups is 2. The third-order valence-corrected chi connectivity index (χ3v) is 4.79. The van der Waals surface area contributed by atoms with Gasteiger partial charge in [0, 0.05) is 5.56 Å². The van der Waals surface area contributed by atoms with Crippen LogP contribution in [0.5, 0.6) is 0 Å². The van der Waals surface area contributed by atoms with E-state index in [1.807, 2.05) is 0 Å². The van der Waals surface area contributed by atoms with Crippen molar-refractivity contribution in [3.63, 3.8) is 0 Å². The summed E-state index contributed by atoms with van der Waals surface area (Å²) in [7, 11) is 0. The SMILES string of the molecule is OC[C@H]1O[C@H](S)[C@H](OCC(F)(F)F)[C@@H](n2cc(-c3cc(F)c(F)c(F)c3)nn2)[C@H]1O. The van der Waals surface area contributed by atoms with E-state index in [2.05, 4.69) is 22.9 Å². The van der Waals surface area contributed by atoms with Crippen molar-refractivity contribution in [2.24, 2.45) is 0 Å². The first kappa shape index (κ1) is 22.8. The van der Waals surface area contributed by atoms with Crippen molar-refractivity contribution in [1.29, 1.82) is 0 Å². The maximum Gasteiger partial charge on any atom is 0.411 e. The van der Waals surface area contributed by atoms with Crippen LogP contribution < -0.4 is 0 Å². The van der Waals surface area contributed by atoms with Crippen molar-refractivity contribution < 1.29 is 46.0 Å². The van der Waals surface area contributed by atoms with Gasteiger partial charge in [-0.05, 0) is 12.1 Å². The summed E-state index contributed by atoms with van der Waals surface area (Å²) in [6, 6.07) is -0.0388. The van der Waals surface area contributed by atoms with Crippen molar-refractivity contribution in [2.75, 3.05) is 13.2 Å². The molecule has 1 aromatic heterocycles. The summed E-state index contributed by atoms with van der Waals surface area (Å²) in [4.78, 5) is 0. The van der Waals surface area contributed by atoms with Crippen LogP contribution >= 0.6 is 12.6 Å².